The number of nitrogens with zero attached hydrogens (tertiary/aromatic N) is 1. The number of hydrogen-bond acceptors (Lipinski definition) is 4. The van der Waals surface area contributed by atoms with Gasteiger partial charge in [-0.25, -0.2) is 0 Å². The molecule has 2 amide bonds. The molecule has 1 N–H and O–H groups in total. The Hall–Kier alpha value is -3.51. The van der Waals surface area contributed by atoms with Gasteiger partial charge in [-0.1, -0.05) is 30.7 Å². The van der Waals surface area contributed by atoms with Crippen LogP contribution in [0, 0.1) is 0 Å². The van der Waals surface area contributed by atoms with Crippen molar-refractivity contribution in [1.29, 1.82) is 0 Å². The minimum Gasteiger partial charge on any atom is -0.494 e. The van der Waals surface area contributed by atoms with Gasteiger partial charge in [0.2, 0.25) is 0 Å². The number of halogens is 1. The van der Waals surface area contributed by atoms with E-state index in [1.165, 1.54) is 5.56 Å². The highest BCUT2D eigenvalue weighted by Crippen LogP contribution is 2.35. The largest absolute Gasteiger partial charge is 0.494 e. The zero-order valence-electron chi connectivity index (χ0n) is 18.3. The predicted octanol–water partition coefficient (Wildman–Crippen LogP) is 5.35. The van der Waals surface area contributed by atoms with Crippen molar-refractivity contribution in [2.75, 3.05) is 30.0 Å². The average molecular weight is 465 g/mol. The number of hydrogen-bond donors (Lipinski definition) is 1. The van der Waals surface area contributed by atoms with E-state index in [2.05, 4.69) is 24.4 Å². The summed E-state index contributed by atoms with van der Waals surface area (Å²) in [6.45, 7) is 3.07. The van der Waals surface area contributed by atoms with Crippen LogP contribution in [0.3, 0.4) is 0 Å². The van der Waals surface area contributed by atoms with Gasteiger partial charge < -0.3 is 19.7 Å². The van der Waals surface area contributed by atoms with Crippen molar-refractivity contribution in [3.63, 3.8) is 0 Å². The summed E-state index contributed by atoms with van der Waals surface area (Å²) in [5.74, 6) is 1.03. The molecule has 0 bridgehead atoms. The SMILES string of the molecule is CCc1ccc(OCCCN2C(=O)COc3ccc(NC(=O)c4ccc(Cl)cc4)cc32)cc1. The average Bonchev–Trinajstić information content (AvgIpc) is 2.83. The van der Waals surface area contributed by atoms with E-state index >= 15 is 0 Å². The summed E-state index contributed by atoms with van der Waals surface area (Å²) >= 11 is 5.89. The summed E-state index contributed by atoms with van der Waals surface area (Å²) in [4.78, 5) is 26.8. The number of aryl methyl sites for hydroxylation is 1. The fourth-order valence-corrected chi connectivity index (χ4v) is 3.69. The maximum atomic E-state index is 12.5. The van der Waals surface area contributed by atoms with Crippen LogP contribution >= 0.6 is 11.6 Å². The van der Waals surface area contributed by atoms with Crippen LogP contribution in [0.4, 0.5) is 11.4 Å². The second-order valence-electron chi connectivity index (χ2n) is 7.68. The summed E-state index contributed by atoms with van der Waals surface area (Å²) in [6.07, 6.45) is 1.64. The standard InChI is InChI=1S/C26H25ClN2O4/c1-2-18-4-11-22(12-5-18)32-15-3-14-29-23-16-21(10-13-24(23)33-17-25(29)30)28-26(31)19-6-8-20(27)9-7-19/h4-13,16H,2-3,14-15,17H2,1H3,(H,28,31). The van der Waals surface area contributed by atoms with Crippen molar-refractivity contribution in [2.45, 2.75) is 19.8 Å². The summed E-state index contributed by atoms with van der Waals surface area (Å²) in [6, 6.07) is 19.9. The Kier molecular flexibility index (Phi) is 7.15. The smallest absolute Gasteiger partial charge is 0.265 e. The summed E-state index contributed by atoms with van der Waals surface area (Å²) in [5.41, 5.74) is 2.96. The fraction of sp³-hybridized carbons (Fsp3) is 0.231. The molecule has 1 aliphatic rings. The van der Waals surface area contributed by atoms with Gasteiger partial charge in [0.1, 0.15) is 11.5 Å². The molecule has 1 aliphatic heterocycles. The summed E-state index contributed by atoms with van der Waals surface area (Å²) in [7, 11) is 0. The van der Waals surface area contributed by atoms with E-state index in [9.17, 15) is 9.59 Å². The lowest BCUT2D eigenvalue weighted by Gasteiger charge is -2.30. The van der Waals surface area contributed by atoms with Gasteiger partial charge in [0.15, 0.2) is 6.61 Å². The number of carbonyl (C=O) groups is 2. The van der Waals surface area contributed by atoms with Crippen LogP contribution in [-0.2, 0) is 11.2 Å². The third kappa shape index (κ3) is 5.65. The Morgan fingerprint density at radius 2 is 1.85 bits per heavy atom. The molecule has 0 saturated heterocycles. The van der Waals surface area contributed by atoms with Crippen LogP contribution in [0.25, 0.3) is 0 Å². The van der Waals surface area contributed by atoms with Crippen LogP contribution in [0.5, 0.6) is 11.5 Å². The Bertz CT molecular complexity index is 1130. The molecule has 6 nitrogen and oxygen atoms in total. The van der Waals surface area contributed by atoms with Crippen LogP contribution in [0.2, 0.25) is 5.02 Å². The Morgan fingerprint density at radius 3 is 2.58 bits per heavy atom. The molecule has 3 aromatic rings. The van der Waals surface area contributed by atoms with Gasteiger partial charge in [-0.05, 0) is 73.0 Å². The molecule has 0 radical (unpaired) electrons. The van der Waals surface area contributed by atoms with E-state index in [0.717, 1.165) is 12.2 Å². The number of ether oxygens (including phenoxy) is 2. The highest BCUT2D eigenvalue weighted by atomic mass is 35.5. The highest BCUT2D eigenvalue weighted by molar-refractivity contribution is 6.30. The molecule has 7 heteroatoms. The van der Waals surface area contributed by atoms with E-state index < -0.39 is 0 Å². The van der Waals surface area contributed by atoms with Crippen LogP contribution in [0.15, 0.2) is 66.7 Å². The van der Waals surface area contributed by atoms with E-state index in [1.807, 2.05) is 12.1 Å². The van der Waals surface area contributed by atoms with Crippen molar-refractivity contribution in [2.24, 2.45) is 0 Å². The van der Waals surface area contributed by atoms with Gasteiger partial charge in [-0.15, -0.1) is 0 Å². The van der Waals surface area contributed by atoms with Gasteiger partial charge in [0, 0.05) is 22.8 Å². The Balaban J connectivity index is 1.39. The molecular weight excluding hydrogens is 440 g/mol. The van der Waals surface area contributed by atoms with Crippen molar-refractivity contribution >= 4 is 34.8 Å². The lowest BCUT2D eigenvalue weighted by Crippen LogP contribution is -2.39. The minimum absolute atomic E-state index is 0.0111. The van der Waals surface area contributed by atoms with Crippen LogP contribution < -0.4 is 19.7 Å². The molecule has 0 fully saturated rings. The summed E-state index contributed by atoms with van der Waals surface area (Å²) in [5, 5.41) is 3.42. The third-order valence-corrected chi connectivity index (χ3v) is 5.64. The van der Waals surface area contributed by atoms with Gasteiger partial charge in [0.25, 0.3) is 11.8 Å². The molecule has 3 aromatic carbocycles. The molecule has 1 heterocycles. The fourth-order valence-electron chi connectivity index (χ4n) is 3.56. The minimum atomic E-state index is -0.260. The van der Waals surface area contributed by atoms with Gasteiger partial charge in [-0.3, -0.25) is 9.59 Å². The molecule has 0 unspecified atom stereocenters. The number of benzene rings is 3. The predicted molar refractivity (Wildman–Crippen MR) is 130 cm³/mol. The molecule has 0 aliphatic carbocycles. The Morgan fingerprint density at radius 1 is 1.09 bits per heavy atom. The van der Waals surface area contributed by atoms with E-state index in [4.69, 9.17) is 21.1 Å². The maximum absolute atomic E-state index is 12.5. The number of anilines is 2. The lowest BCUT2D eigenvalue weighted by molar-refractivity contribution is -0.121. The first-order valence-electron chi connectivity index (χ1n) is 10.9. The molecule has 0 saturated carbocycles. The van der Waals surface area contributed by atoms with Crippen molar-refractivity contribution < 1.29 is 19.1 Å². The monoisotopic (exact) mass is 464 g/mol. The lowest BCUT2D eigenvalue weighted by atomic mass is 10.1. The van der Waals surface area contributed by atoms with Gasteiger partial charge in [0.05, 0.1) is 12.3 Å². The number of amides is 2. The maximum Gasteiger partial charge on any atom is 0.265 e. The second kappa shape index (κ2) is 10.4. The molecule has 0 spiro atoms. The summed E-state index contributed by atoms with van der Waals surface area (Å²) < 4.78 is 11.4. The number of nitrogens with one attached hydrogen (secondary N) is 1. The zero-order chi connectivity index (χ0) is 23.2. The van der Waals surface area contributed by atoms with Gasteiger partial charge >= 0.3 is 0 Å². The van der Waals surface area contributed by atoms with Gasteiger partial charge in [-0.2, -0.15) is 0 Å². The van der Waals surface area contributed by atoms with Crippen molar-refractivity contribution in [1.82, 2.24) is 0 Å². The second-order valence-corrected chi connectivity index (χ2v) is 8.11. The number of rotatable bonds is 8. The zero-order valence-corrected chi connectivity index (χ0v) is 19.1. The van der Waals surface area contributed by atoms with Crippen LogP contribution in [0.1, 0.15) is 29.3 Å². The first kappa shape index (κ1) is 22.7. The quantitative estimate of drug-likeness (QED) is 0.456. The first-order valence-corrected chi connectivity index (χ1v) is 11.3. The van der Waals surface area contributed by atoms with Crippen LogP contribution in [-0.4, -0.2) is 31.6 Å². The number of fused-ring (bicyclic) bond motifs is 1. The third-order valence-electron chi connectivity index (χ3n) is 5.39. The first-order chi connectivity index (χ1) is 16.0. The Labute approximate surface area is 198 Å². The molecule has 0 atom stereocenters. The molecule has 33 heavy (non-hydrogen) atoms. The molecule has 4 rings (SSSR count). The van der Waals surface area contributed by atoms with E-state index in [-0.39, 0.29) is 18.4 Å². The van der Waals surface area contributed by atoms with Crippen molar-refractivity contribution in [3.8, 4) is 11.5 Å². The van der Waals surface area contributed by atoms with E-state index in [1.54, 1.807) is 47.4 Å². The topological polar surface area (TPSA) is 67.9 Å². The normalized spacial score (nSPS) is 12.7. The molecular formula is C26H25ClN2O4. The van der Waals surface area contributed by atoms with Crippen molar-refractivity contribution in [3.05, 3.63) is 82.9 Å². The van der Waals surface area contributed by atoms with E-state index in [0.29, 0.717) is 47.3 Å². The highest BCUT2D eigenvalue weighted by Gasteiger charge is 2.25. The number of carbonyl (C=O) groups excluding carboxylic acids is 2. The molecule has 0 aromatic heterocycles. The molecule has 170 valence electrons.